The minimum absolute atomic E-state index is 0. The molecule has 0 aromatic rings. The Hall–Kier alpha value is -1.51. The standard InChI is InChI=1S/C20H29NO2.H2/c1-4-6-15(5-2)12-23-19(22)21-13-20-9-16-7-17(10-20)14(3)18(8-16)11-20;/h4-6,14,16-18H,1-2,7-13H2,3H3,(H,21,22);1H/b15-6+;/t14?,16?,17-,18+,20?;. The van der Waals surface area contributed by atoms with Crippen LogP contribution in [-0.4, -0.2) is 19.2 Å². The Labute approximate surface area is 141 Å². The quantitative estimate of drug-likeness (QED) is 0.720. The first-order valence-electron chi connectivity index (χ1n) is 8.90. The van der Waals surface area contributed by atoms with Crippen LogP contribution < -0.4 is 5.32 Å². The number of carbonyl (C=O) groups is 1. The normalized spacial score (nSPS) is 38.2. The summed E-state index contributed by atoms with van der Waals surface area (Å²) in [6.07, 6.45) is 11.6. The minimum Gasteiger partial charge on any atom is -0.445 e. The van der Waals surface area contributed by atoms with E-state index in [1.165, 1.54) is 32.1 Å². The Balaban J connectivity index is 0.00000208. The Kier molecular flexibility index (Phi) is 4.65. The van der Waals surface area contributed by atoms with Crippen LogP contribution in [0.1, 0.15) is 40.5 Å². The first-order valence-corrected chi connectivity index (χ1v) is 8.90. The van der Waals surface area contributed by atoms with Gasteiger partial charge in [-0.15, -0.1) is 0 Å². The van der Waals surface area contributed by atoms with Gasteiger partial charge in [0, 0.05) is 7.97 Å². The van der Waals surface area contributed by atoms with Gasteiger partial charge in [0.1, 0.15) is 6.61 Å². The third kappa shape index (κ3) is 3.39. The van der Waals surface area contributed by atoms with Crippen molar-refractivity contribution < 1.29 is 11.0 Å². The molecule has 3 heteroatoms. The summed E-state index contributed by atoms with van der Waals surface area (Å²) in [4.78, 5) is 12.0. The molecule has 4 fully saturated rings. The van der Waals surface area contributed by atoms with Crippen LogP contribution in [0, 0.1) is 29.1 Å². The van der Waals surface area contributed by atoms with E-state index < -0.39 is 0 Å². The molecule has 128 valence electrons. The molecule has 4 bridgehead atoms. The van der Waals surface area contributed by atoms with Crippen LogP contribution in [0.3, 0.4) is 0 Å². The second kappa shape index (κ2) is 6.54. The van der Waals surface area contributed by atoms with E-state index in [0.717, 1.165) is 35.8 Å². The average molecular weight is 317 g/mol. The molecule has 1 amide bonds. The monoisotopic (exact) mass is 317 g/mol. The summed E-state index contributed by atoms with van der Waals surface area (Å²) in [5, 5.41) is 3.03. The van der Waals surface area contributed by atoms with Crippen molar-refractivity contribution in [2.75, 3.05) is 13.2 Å². The Morgan fingerprint density at radius 3 is 2.61 bits per heavy atom. The first-order chi connectivity index (χ1) is 11.0. The molecule has 4 aliphatic carbocycles. The molecule has 0 saturated heterocycles. The zero-order valence-corrected chi connectivity index (χ0v) is 14.2. The van der Waals surface area contributed by atoms with Gasteiger partial charge in [0.2, 0.25) is 0 Å². The zero-order chi connectivity index (χ0) is 16.4. The summed E-state index contributed by atoms with van der Waals surface area (Å²) in [5.74, 6) is 3.53. The topological polar surface area (TPSA) is 38.3 Å². The van der Waals surface area contributed by atoms with Gasteiger partial charge in [-0.05, 0) is 66.8 Å². The van der Waals surface area contributed by atoms with E-state index in [9.17, 15) is 4.79 Å². The molecule has 0 radical (unpaired) electrons. The summed E-state index contributed by atoms with van der Waals surface area (Å²) in [6, 6.07) is 0. The SMILES string of the molecule is C=C/C=C(\C=C)COC(=O)NCC12CC3C[C@H](C1)C(C)[C@@H](C3)C2.[HH]. The minimum atomic E-state index is -0.314. The Morgan fingerprint density at radius 2 is 2.00 bits per heavy atom. The lowest BCUT2D eigenvalue weighted by Crippen LogP contribution is -2.54. The number of hydrogen-bond donors (Lipinski definition) is 1. The zero-order valence-electron chi connectivity index (χ0n) is 14.2. The number of allylic oxidation sites excluding steroid dienone is 2. The van der Waals surface area contributed by atoms with Gasteiger partial charge < -0.3 is 10.1 Å². The fourth-order valence-electron chi connectivity index (χ4n) is 5.45. The van der Waals surface area contributed by atoms with Gasteiger partial charge in [-0.1, -0.05) is 38.3 Å². The molecular weight excluding hydrogens is 286 g/mol. The predicted octanol–water partition coefficient (Wildman–Crippen LogP) is 4.72. The van der Waals surface area contributed by atoms with Crippen molar-refractivity contribution in [3.63, 3.8) is 0 Å². The highest BCUT2D eigenvalue weighted by Crippen LogP contribution is 2.61. The maximum Gasteiger partial charge on any atom is 0.407 e. The van der Waals surface area contributed by atoms with Gasteiger partial charge in [-0.2, -0.15) is 0 Å². The molecule has 0 heterocycles. The van der Waals surface area contributed by atoms with Crippen molar-refractivity contribution in [1.29, 1.82) is 0 Å². The second-order valence-electron chi connectivity index (χ2n) is 7.94. The Bertz CT molecular complexity index is 512. The highest BCUT2D eigenvalue weighted by molar-refractivity contribution is 5.67. The lowest BCUT2D eigenvalue weighted by molar-refractivity contribution is -0.0871. The van der Waals surface area contributed by atoms with E-state index in [2.05, 4.69) is 25.4 Å². The summed E-state index contributed by atoms with van der Waals surface area (Å²) in [7, 11) is 0. The summed E-state index contributed by atoms with van der Waals surface area (Å²) >= 11 is 0. The molecule has 0 aromatic heterocycles. The molecular formula is C20H31NO2. The van der Waals surface area contributed by atoms with E-state index in [4.69, 9.17) is 4.74 Å². The smallest absolute Gasteiger partial charge is 0.407 e. The van der Waals surface area contributed by atoms with E-state index in [0.29, 0.717) is 5.41 Å². The third-order valence-corrected chi connectivity index (χ3v) is 6.44. The number of carbonyl (C=O) groups excluding carboxylic acids is 1. The lowest BCUT2D eigenvalue weighted by atomic mass is 9.46. The lowest BCUT2D eigenvalue weighted by Gasteiger charge is -2.59. The van der Waals surface area contributed by atoms with Gasteiger partial charge in [0.05, 0.1) is 0 Å². The third-order valence-electron chi connectivity index (χ3n) is 6.44. The first kappa shape index (κ1) is 16.4. The van der Waals surface area contributed by atoms with E-state index in [-0.39, 0.29) is 14.1 Å². The fourth-order valence-corrected chi connectivity index (χ4v) is 5.45. The van der Waals surface area contributed by atoms with Gasteiger partial charge in [-0.3, -0.25) is 0 Å². The molecule has 5 atom stereocenters. The predicted molar refractivity (Wildman–Crippen MR) is 95.1 cm³/mol. The number of alkyl carbamates (subject to hydrolysis) is 1. The highest BCUT2D eigenvalue weighted by Gasteiger charge is 2.53. The van der Waals surface area contributed by atoms with Crippen LogP contribution in [0.5, 0.6) is 0 Å². The summed E-state index contributed by atoms with van der Waals surface area (Å²) < 4.78 is 5.29. The van der Waals surface area contributed by atoms with E-state index in [1.54, 1.807) is 18.2 Å². The summed E-state index contributed by atoms with van der Waals surface area (Å²) in [5.41, 5.74) is 1.19. The Morgan fingerprint density at radius 1 is 1.30 bits per heavy atom. The molecule has 0 aromatic carbocycles. The number of amides is 1. The maximum atomic E-state index is 12.0. The highest BCUT2D eigenvalue weighted by atomic mass is 16.5. The second-order valence-corrected chi connectivity index (χ2v) is 7.94. The summed E-state index contributed by atoms with van der Waals surface area (Å²) in [6.45, 7) is 10.8. The van der Waals surface area contributed by atoms with E-state index >= 15 is 0 Å². The number of rotatable bonds is 6. The van der Waals surface area contributed by atoms with E-state index in [1.807, 2.05) is 0 Å². The average Bonchev–Trinajstić information content (AvgIpc) is 2.53. The molecule has 1 N–H and O–H groups in total. The van der Waals surface area contributed by atoms with Crippen LogP contribution in [0.25, 0.3) is 0 Å². The van der Waals surface area contributed by atoms with Crippen molar-refractivity contribution in [2.24, 2.45) is 29.1 Å². The molecule has 4 saturated carbocycles. The number of hydrogen-bond acceptors (Lipinski definition) is 2. The fraction of sp³-hybridized carbons (Fsp3) is 0.650. The van der Waals surface area contributed by atoms with Crippen LogP contribution in [0.2, 0.25) is 0 Å². The van der Waals surface area contributed by atoms with Crippen LogP contribution >= 0.6 is 0 Å². The van der Waals surface area contributed by atoms with Crippen LogP contribution in [0.15, 0.2) is 37.0 Å². The molecule has 0 spiro atoms. The number of nitrogens with one attached hydrogen (secondary N) is 1. The maximum absolute atomic E-state index is 12.0. The van der Waals surface area contributed by atoms with Gasteiger partial charge in [-0.25, -0.2) is 4.79 Å². The van der Waals surface area contributed by atoms with Crippen molar-refractivity contribution in [1.82, 2.24) is 5.32 Å². The van der Waals surface area contributed by atoms with Gasteiger partial charge >= 0.3 is 6.09 Å². The van der Waals surface area contributed by atoms with Crippen LogP contribution in [-0.2, 0) is 4.74 Å². The molecule has 4 aliphatic rings. The molecule has 23 heavy (non-hydrogen) atoms. The molecule has 0 aliphatic heterocycles. The van der Waals surface area contributed by atoms with Crippen molar-refractivity contribution >= 4 is 6.09 Å². The molecule has 4 rings (SSSR count). The van der Waals surface area contributed by atoms with Crippen LogP contribution in [0.4, 0.5) is 4.79 Å². The van der Waals surface area contributed by atoms with Crippen molar-refractivity contribution in [3.05, 3.63) is 37.0 Å². The van der Waals surface area contributed by atoms with Gasteiger partial charge in [0.25, 0.3) is 0 Å². The molecule has 3 nitrogen and oxygen atoms in total. The largest absolute Gasteiger partial charge is 0.445 e. The van der Waals surface area contributed by atoms with Crippen molar-refractivity contribution in [2.45, 2.75) is 39.0 Å². The van der Waals surface area contributed by atoms with Crippen molar-refractivity contribution in [3.8, 4) is 0 Å². The number of ether oxygens (including phenoxy) is 1. The molecule has 3 unspecified atom stereocenters. The van der Waals surface area contributed by atoms with Gasteiger partial charge in [0.15, 0.2) is 0 Å².